The normalized spacial score (nSPS) is 18.7. The fourth-order valence-corrected chi connectivity index (χ4v) is 3.11. The van der Waals surface area contributed by atoms with Crippen molar-refractivity contribution in [3.8, 4) is 11.5 Å². The van der Waals surface area contributed by atoms with Gasteiger partial charge < -0.3 is 29.6 Å². The number of rotatable bonds is 10. The van der Waals surface area contributed by atoms with E-state index in [1.165, 1.54) is 5.56 Å². The second kappa shape index (κ2) is 11.0. The molecule has 0 radical (unpaired) electrons. The molecule has 2 heterocycles. The quantitative estimate of drug-likeness (QED) is 0.370. The Morgan fingerprint density at radius 1 is 1.26 bits per heavy atom. The topological polar surface area (TPSA) is 73.3 Å². The van der Waals surface area contributed by atoms with Crippen molar-refractivity contribution in [2.24, 2.45) is 4.99 Å². The van der Waals surface area contributed by atoms with E-state index in [1.807, 2.05) is 12.1 Å². The summed E-state index contributed by atoms with van der Waals surface area (Å²) in [7, 11) is 0. The maximum absolute atomic E-state index is 5.68. The van der Waals surface area contributed by atoms with Gasteiger partial charge in [-0.1, -0.05) is 6.07 Å². The molecule has 0 aromatic heterocycles. The average Bonchev–Trinajstić information content (AvgIpc) is 3.35. The summed E-state index contributed by atoms with van der Waals surface area (Å²) in [6, 6.07) is 6.08. The van der Waals surface area contributed by atoms with Gasteiger partial charge in [0.1, 0.15) is 0 Å². The summed E-state index contributed by atoms with van der Waals surface area (Å²) in [6.45, 7) is 7.07. The number of hydrogen-bond acceptors (Lipinski definition) is 5. The molecule has 7 heteroatoms. The fourth-order valence-electron chi connectivity index (χ4n) is 3.11. The molecule has 1 unspecified atom stereocenters. The number of benzene rings is 1. The molecule has 7 nitrogen and oxygen atoms in total. The molecule has 1 aromatic rings. The van der Waals surface area contributed by atoms with E-state index in [9.17, 15) is 0 Å². The molecule has 0 saturated carbocycles. The number of nitrogens with one attached hydrogen (secondary N) is 2. The number of nitrogens with zero attached hydrogens (tertiary/aromatic N) is 1. The summed E-state index contributed by atoms with van der Waals surface area (Å²) in [5.41, 5.74) is 1.21. The Labute approximate surface area is 161 Å². The molecule has 1 fully saturated rings. The molecule has 0 spiro atoms. The smallest absolute Gasteiger partial charge is 0.231 e. The summed E-state index contributed by atoms with van der Waals surface area (Å²) in [4.78, 5) is 4.61. The molecule has 1 saturated heterocycles. The Balaban J connectivity index is 1.32. The van der Waals surface area contributed by atoms with E-state index < -0.39 is 0 Å². The van der Waals surface area contributed by atoms with Crippen LogP contribution in [-0.2, 0) is 15.9 Å². The Morgan fingerprint density at radius 2 is 2.19 bits per heavy atom. The van der Waals surface area contributed by atoms with E-state index in [2.05, 4.69) is 28.6 Å². The lowest BCUT2D eigenvalue weighted by molar-refractivity contribution is 0.0171. The van der Waals surface area contributed by atoms with Crippen molar-refractivity contribution in [1.29, 1.82) is 0 Å². The summed E-state index contributed by atoms with van der Waals surface area (Å²) in [5.74, 6) is 2.50. The maximum Gasteiger partial charge on any atom is 0.231 e. The molecule has 150 valence electrons. The highest BCUT2D eigenvalue weighted by molar-refractivity contribution is 5.79. The lowest BCUT2D eigenvalue weighted by Gasteiger charge is -2.12. The number of guanidine groups is 1. The summed E-state index contributed by atoms with van der Waals surface area (Å²) in [5, 5.41) is 6.66. The van der Waals surface area contributed by atoms with Crippen LogP contribution in [-0.4, -0.2) is 58.3 Å². The average molecular weight is 377 g/mol. The van der Waals surface area contributed by atoms with Gasteiger partial charge in [0.2, 0.25) is 6.79 Å². The van der Waals surface area contributed by atoms with Gasteiger partial charge in [-0.25, -0.2) is 0 Å². The Bertz CT molecular complexity index is 603. The van der Waals surface area contributed by atoms with Gasteiger partial charge in [0.15, 0.2) is 17.5 Å². The van der Waals surface area contributed by atoms with Gasteiger partial charge in [0, 0.05) is 32.8 Å². The Morgan fingerprint density at radius 3 is 3.04 bits per heavy atom. The first-order valence-electron chi connectivity index (χ1n) is 9.95. The zero-order valence-corrected chi connectivity index (χ0v) is 16.2. The molecular weight excluding hydrogens is 346 g/mol. The highest BCUT2D eigenvalue weighted by atomic mass is 16.7. The van der Waals surface area contributed by atoms with Crippen molar-refractivity contribution in [3.63, 3.8) is 0 Å². The molecule has 3 rings (SSSR count). The minimum Gasteiger partial charge on any atom is -0.454 e. The van der Waals surface area contributed by atoms with Crippen LogP contribution in [0.15, 0.2) is 23.2 Å². The van der Waals surface area contributed by atoms with Crippen LogP contribution in [0.25, 0.3) is 0 Å². The van der Waals surface area contributed by atoms with Gasteiger partial charge >= 0.3 is 0 Å². The van der Waals surface area contributed by atoms with E-state index in [0.717, 1.165) is 76.0 Å². The van der Waals surface area contributed by atoms with Gasteiger partial charge in [-0.2, -0.15) is 0 Å². The van der Waals surface area contributed by atoms with E-state index in [-0.39, 0.29) is 0 Å². The van der Waals surface area contributed by atoms with Crippen molar-refractivity contribution in [3.05, 3.63) is 23.8 Å². The minimum atomic E-state index is 0.295. The third kappa shape index (κ3) is 6.59. The third-order valence-corrected chi connectivity index (χ3v) is 4.53. The van der Waals surface area contributed by atoms with Crippen LogP contribution in [0.2, 0.25) is 0 Å². The summed E-state index contributed by atoms with van der Waals surface area (Å²) < 4.78 is 22.0. The van der Waals surface area contributed by atoms with Crippen molar-refractivity contribution in [2.75, 3.05) is 46.2 Å². The lowest BCUT2D eigenvalue weighted by atomic mass is 10.1. The van der Waals surface area contributed by atoms with E-state index >= 15 is 0 Å². The van der Waals surface area contributed by atoms with Gasteiger partial charge in [0.25, 0.3) is 0 Å². The monoisotopic (exact) mass is 377 g/mol. The van der Waals surface area contributed by atoms with E-state index in [0.29, 0.717) is 19.5 Å². The Hall–Kier alpha value is -1.99. The molecule has 0 amide bonds. The van der Waals surface area contributed by atoms with Gasteiger partial charge in [-0.3, -0.25) is 4.99 Å². The lowest BCUT2D eigenvalue weighted by Crippen LogP contribution is -2.38. The van der Waals surface area contributed by atoms with Crippen molar-refractivity contribution < 1.29 is 18.9 Å². The van der Waals surface area contributed by atoms with Crippen molar-refractivity contribution >= 4 is 5.96 Å². The predicted octanol–water partition coefficient (Wildman–Crippen LogP) is 2.10. The van der Waals surface area contributed by atoms with Gasteiger partial charge in [-0.15, -0.1) is 0 Å². The van der Waals surface area contributed by atoms with Gasteiger partial charge in [-0.05, 0) is 50.3 Å². The molecule has 0 bridgehead atoms. The zero-order valence-electron chi connectivity index (χ0n) is 16.2. The molecule has 1 aromatic carbocycles. The number of ether oxygens (including phenoxy) is 4. The highest BCUT2D eigenvalue weighted by Gasteiger charge is 2.15. The molecule has 2 aliphatic rings. The number of aliphatic imine (C=N–C) groups is 1. The largest absolute Gasteiger partial charge is 0.454 e. The first-order chi connectivity index (χ1) is 13.3. The standard InChI is InChI=1S/C20H31N3O4/c1-2-21-20(22-9-4-11-24-14-17-5-3-12-25-17)23-10-8-16-6-7-18-19(13-16)27-15-26-18/h6-7,13,17H,2-5,8-12,14-15H2,1H3,(H2,21,22,23). The third-order valence-electron chi connectivity index (χ3n) is 4.53. The maximum atomic E-state index is 5.68. The SMILES string of the molecule is CCNC(=NCCCOCC1CCCO1)NCCc1ccc2c(c1)OCO2. The van der Waals surface area contributed by atoms with Crippen LogP contribution in [0.5, 0.6) is 11.5 Å². The Kier molecular flexibility index (Phi) is 8.04. The highest BCUT2D eigenvalue weighted by Crippen LogP contribution is 2.32. The van der Waals surface area contributed by atoms with E-state index in [1.54, 1.807) is 0 Å². The minimum absolute atomic E-state index is 0.295. The van der Waals surface area contributed by atoms with Gasteiger partial charge in [0.05, 0.1) is 12.7 Å². The first-order valence-corrected chi connectivity index (χ1v) is 9.95. The van der Waals surface area contributed by atoms with Crippen LogP contribution in [0, 0.1) is 0 Å². The van der Waals surface area contributed by atoms with Crippen LogP contribution in [0.4, 0.5) is 0 Å². The molecule has 0 aliphatic carbocycles. The summed E-state index contributed by atoms with van der Waals surface area (Å²) >= 11 is 0. The molecule has 1 atom stereocenters. The number of hydrogen-bond donors (Lipinski definition) is 2. The predicted molar refractivity (Wildman–Crippen MR) is 105 cm³/mol. The van der Waals surface area contributed by atoms with Crippen LogP contribution >= 0.6 is 0 Å². The molecular formula is C20H31N3O4. The zero-order chi connectivity index (χ0) is 18.7. The molecule has 27 heavy (non-hydrogen) atoms. The molecule has 2 N–H and O–H groups in total. The van der Waals surface area contributed by atoms with Crippen molar-refractivity contribution in [1.82, 2.24) is 10.6 Å². The van der Waals surface area contributed by atoms with Crippen LogP contribution in [0.1, 0.15) is 31.7 Å². The first kappa shape index (κ1) is 19.8. The van der Waals surface area contributed by atoms with E-state index in [4.69, 9.17) is 18.9 Å². The fraction of sp³-hybridized carbons (Fsp3) is 0.650. The van der Waals surface area contributed by atoms with Crippen LogP contribution < -0.4 is 20.1 Å². The van der Waals surface area contributed by atoms with Crippen molar-refractivity contribution in [2.45, 2.75) is 38.7 Å². The van der Waals surface area contributed by atoms with Crippen LogP contribution in [0.3, 0.4) is 0 Å². The summed E-state index contributed by atoms with van der Waals surface area (Å²) in [6.07, 6.45) is 4.37. The number of fused-ring (bicyclic) bond motifs is 1. The molecule has 2 aliphatic heterocycles. The second-order valence-electron chi connectivity index (χ2n) is 6.69. The second-order valence-corrected chi connectivity index (χ2v) is 6.69.